The highest BCUT2D eigenvalue weighted by Crippen LogP contribution is 2.52. The molecule has 1 fully saturated rings. The van der Waals surface area contributed by atoms with E-state index in [-0.39, 0.29) is 6.92 Å². The Balaban J connectivity index is 3.07. The molecule has 8 heteroatoms. The fourth-order valence-corrected chi connectivity index (χ4v) is 0.994. The van der Waals surface area contributed by atoms with E-state index in [1.54, 1.807) is 0 Å². The van der Waals surface area contributed by atoms with Gasteiger partial charge in [0, 0.05) is 6.92 Å². The fourth-order valence-electron chi connectivity index (χ4n) is 0.994. The summed E-state index contributed by atoms with van der Waals surface area (Å²) in [6, 6.07) is 0. The summed E-state index contributed by atoms with van der Waals surface area (Å²) in [6.07, 6.45) is -4.75. The van der Waals surface area contributed by atoms with Crippen molar-refractivity contribution in [2.75, 3.05) is 6.67 Å². The van der Waals surface area contributed by atoms with Gasteiger partial charge in [0.25, 0.3) is 5.92 Å². The van der Waals surface area contributed by atoms with Crippen LogP contribution in [0.25, 0.3) is 0 Å². The molecule has 15 heavy (non-hydrogen) atoms. The van der Waals surface area contributed by atoms with Crippen molar-refractivity contribution in [3.05, 3.63) is 0 Å². The zero-order valence-electron chi connectivity index (χ0n) is 7.79. The molecule has 1 aliphatic heterocycles. The lowest BCUT2D eigenvalue weighted by molar-refractivity contribution is -0.326. The topological polar surface area (TPSA) is 18.5 Å². The van der Waals surface area contributed by atoms with Gasteiger partial charge < -0.3 is 0 Å². The lowest BCUT2D eigenvalue weighted by Crippen LogP contribution is -2.46. The van der Waals surface area contributed by atoms with Gasteiger partial charge in [0.2, 0.25) is 5.79 Å². The van der Waals surface area contributed by atoms with Crippen molar-refractivity contribution in [2.24, 2.45) is 0 Å². The van der Waals surface area contributed by atoms with Crippen molar-refractivity contribution in [3.8, 4) is 0 Å². The largest absolute Gasteiger partial charge is 0.420 e. The van der Waals surface area contributed by atoms with Crippen LogP contribution in [0.15, 0.2) is 0 Å². The molecule has 0 amide bonds. The first kappa shape index (κ1) is 12.6. The van der Waals surface area contributed by atoms with Gasteiger partial charge in [-0.15, -0.1) is 0 Å². The Kier molecular flexibility index (Phi) is 2.52. The highest BCUT2D eigenvalue weighted by atomic mass is 19.3. The van der Waals surface area contributed by atoms with E-state index in [0.29, 0.717) is 6.92 Å². The second-order valence-corrected chi connectivity index (χ2v) is 3.42. The zero-order valence-corrected chi connectivity index (χ0v) is 7.79. The van der Waals surface area contributed by atoms with Crippen molar-refractivity contribution >= 4 is 0 Å². The van der Waals surface area contributed by atoms with E-state index < -0.39 is 30.3 Å². The number of alkyl halides is 6. The highest BCUT2D eigenvalue weighted by Gasteiger charge is 2.74. The quantitative estimate of drug-likeness (QED) is 0.688. The maximum atomic E-state index is 13.0. The van der Waals surface area contributed by atoms with Crippen molar-refractivity contribution in [1.29, 1.82) is 0 Å². The van der Waals surface area contributed by atoms with E-state index in [1.807, 2.05) is 0 Å². The van der Waals surface area contributed by atoms with Gasteiger partial charge in [-0.05, 0) is 6.92 Å². The molecule has 0 saturated carbocycles. The van der Waals surface area contributed by atoms with Crippen molar-refractivity contribution in [3.63, 3.8) is 0 Å². The van der Waals surface area contributed by atoms with Crippen LogP contribution in [0.2, 0.25) is 0 Å². The van der Waals surface area contributed by atoms with E-state index >= 15 is 0 Å². The lowest BCUT2D eigenvalue weighted by atomic mass is 10.2. The van der Waals surface area contributed by atoms with Crippen LogP contribution in [0, 0.1) is 0 Å². The molecule has 2 unspecified atom stereocenters. The van der Waals surface area contributed by atoms with Crippen LogP contribution in [0.5, 0.6) is 0 Å². The third kappa shape index (κ3) is 1.69. The highest BCUT2D eigenvalue weighted by molar-refractivity contribution is 4.94. The monoisotopic (exact) mass is 238 g/mol. The summed E-state index contributed by atoms with van der Waals surface area (Å²) in [6.45, 7) is -1.67. The molecule has 0 bridgehead atoms. The maximum absolute atomic E-state index is 13.0. The second kappa shape index (κ2) is 3.00. The Hall–Kier alpha value is -0.500. The van der Waals surface area contributed by atoms with Crippen LogP contribution in [0.1, 0.15) is 13.8 Å². The van der Waals surface area contributed by atoms with Crippen LogP contribution in [-0.4, -0.2) is 30.3 Å². The minimum Gasteiger partial charge on any atom is -0.298 e. The van der Waals surface area contributed by atoms with Gasteiger partial charge in [-0.3, -0.25) is 9.47 Å². The summed E-state index contributed by atoms with van der Waals surface area (Å²) in [4.78, 5) is 0. The molecule has 0 aromatic carbocycles. The molecule has 0 aliphatic carbocycles. The molecule has 90 valence electrons. The van der Waals surface area contributed by atoms with Gasteiger partial charge in [-0.2, -0.15) is 13.2 Å². The molecule has 0 aromatic heterocycles. The minimum absolute atomic E-state index is 0.201. The molecular weight excluding hydrogens is 230 g/mol. The molecule has 2 atom stereocenters. The SMILES string of the molecule is CC(F)(F)C1(C)OC(F)(F)C(F)(CF)O1. The molecule has 0 spiro atoms. The number of hydrogen-bond acceptors (Lipinski definition) is 2. The first-order valence-electron chi connectivity index (χ1n) is 3.88. The molecule has 1 saturated heterocycles. The van der Waals surface area contributed by atoms with Crippen molar-refractivity contribution in [1.82, 2.24) is 0 Å². The van der Waals surface area contributed by atoms with Crippen LogP contribution >= 0.6 is 0 Å². The Labute approximate surface area is 81.1 Å². The number of rotatable bonds is 2. The Morgan fingerprint density at radius 3 is 1.80 bits per heavy atom. The molecular formula is C7H8F6O2. The number of halogens is 6. The van der Waals surface area contributed by atoms with E-state index in [2.05, 4.69) is 9.47 Å². The average molecular weight is 238 g/mol. The predicted octanol–water partition coefficient (Wildman–Crippen LogP) is 2.63. The maximum Gasteiger partial charge on any atom is 0.420 e. The Bertz CT molecular complexity index is 265. The molecule has 1 heterocycles. The Morgan fingerprint density at radius 1 is 1.13 bits per heavy atom. The molecule has 1 aliphatic rings. The number of ether oxygens (including phenoxy) is 2. The van der Waals surface area contributed by atoms with Crippen molar-refractivity contribution < 1.29 is 35.8 Å². The summed E-state index contributed by atoms with van der Waals surface area (Å²) >= 11 is 0. The van der Waals surface area contributed by atoms with E-state index in [4.69, 9.17) is 0 Å². The van der Waals surface area contributed by atoms with Gasteiger partial charge in [0.15, 0.2) is 6.67 Å². The molecule has 0 N–H and O–H groups in total. The summed E-state index contributed by atoms with van der Waals surface area (Å²) < 4.78 is 83.2. The smallest absolute Gasteiger partial charge is 0.298 e. The first-order chi connectivity index (χ1) is 6.47. The second-order valence-electron chi connectivity index (χ2n) is 3.42. The predicted molar refractivity (Wildman–Crippen MR) is 36.0 cm³/mol. The minimum atomic E-state index is -4.75. The molecule has 0 radical (unpaired) electrons. The van der Waals surface area contributed by atoms with E-state index in [0.717, 1.165) is 0 Å². The average Bonchev–Trinajstić information content (AvgIpc) is 2.18. The van der Waals surface area contributed by atoms with E-state index in [1.165, 1.54) is 0 Å². The first-order valence-corrected chi connectivity index (χ1v) is 3.88. The zero-order chi connectivity index (χ0) is 12.1. The van der Waals surface area contributed by atoms with Crippen LogP contribution in [0.3, 0.4) is 0 Å². The summed E-state index contributed by atoms with van der Waals surface area (Å²) in [5.41, 5.74) is 0. The van der Waals surface area contributed by atoms with Gasteiger partial charge in [0.05, 0.1) is 0 Å². The normalized spacial score (nSPS) is 40.8. The van der Waals surface area contributed by atoms with Gasteiger partial charge in [-0.1, -0.05) is 0 Å². The van der Waals surface area contributed by atoms with Crippen LogP contribution in [0.4, 0.5) is 26.3 Å². The van der Waals surface area contributed by atoms with Gasteiger partial charge >= 0.3 is 12.0 Å². The molecule has 0 aromatic rings. The van der Waals surface area contributed by atoms with Gasteiger partial charge in [0.1, 0.15) is 0 Å². The summed E-state index contributed by atoms with van der Waals surface area (Å²) in [5.74, 6) is -11.3. The Morgan fingerprint density at radius 2 is 1.60 bits per heavy atom. The number of hydrogen-bond donors (Lipinski definition) is 0. The third-order valence-electron chi connectivity index (χ3n) is 2.08. The third-order valence-corrected chi connectivity index (χ3v) is 2.08. The van der Waals surface area contributed by atoms with E-state index in [9.17, 15) is 26.3 Å². The van der Waals surface area contributed by atoms with Gasteiger partial charge in [-0.25, -0.2) is 13.2 Å². The van der Waals surface area contributed by atoms with Crippen LogP contribution < -0.4 is 0 Å². The fraction of sp³-hybridized carbons (Fsp3) is 1.00. The summed E-state index contributed by atoms with van der Waals surface area (Å²) in [5, 5.41) is 0. The molecule has 1 rings (SSSR count). The van der Waals surface area contributed by atoms with Crippen molar-refractivity contribution in [2.45, 2.75) is 37.5 Å². The molecule has 2 nitrogen and oxygen atoms in total. The summed E-state index contributed by atoms with van der Waals surface area (Å²) in [7, 11) is 0. The van der Waals surface area contributed by atoms with Crippen LogP contribution in [-0.2, 0) is 9.47 Å². The lowest BCUT2D eigenvalue weighted by Gasteiger charge is -2.28. The standard InChI is InChI=1S/C7H8F6O2/c1-4(9,10)5(2)14-6(11,3-8)7(12,13)15-5/h3H2,1-2H3.